The lowest BCUT2D eigenvalue weighted by Gasteiger charge is -2.43. The maximum atomic E-state index is 13.0. The highest BCUT2D eigenvalue weighted by Gasteiger charge is 2.56. The summed E-state index contributed by atoms with van der Waals surface area (Å²) in [7, 11) is 0. The van der Waals surface area contributed by atoms with Gasteiger partial charge in [0.25, 0.3) is 5.91 Å². The Morgan fingerprint density at radius 2 is 1.96 bits per heavy atom. The molecule has 3 atom stereocenters. The minimum Gasteiger partial charge on any atom is -0.480 e. The van der Waals surface area contributed by atoms with Crippen LogP contribution in [0.25, 0.3) is 0 Å². The van der Waals surface area contributed by atoms with Crippen molar-refractivity contribution in [1.29, 1.82) is 0 Å². The van der Waals surface area contributed by atoms with Gasteiger partial charge in [-0.1, -0.05) is 20.8 Å². The van der Waals surface area contributed by atoms with E-state index < -0.39 is 36.0 Å². The van der Waals surface area contributed by atoms with Gasteiger partial charge in [0.1, 0.15) is 18.1 Å². The molecule has 0 aromatic carbocycles. The zero-order valence-corrected chi connectivity index (χ0v) is 15.6. The van der Waals surface area contributed by atoms with Crippen molar-refractivity contribution in [1.82, 2.24) is 15.1 Å². The van der Waals surface area contributed by atoms with Gasteiger partial charge in [-0.2, -0.15) is 0 Å². The number of carbonyl (C=O) groups is 4. The van der Waals surface area contributed by atoms with E-state index in [1.807, 2.05) is 0 Å². The fraction of sp³-hybridized carbons (Fsp3) is 0.778. The fourth-order valence-corrected chi connectivity index (χ4v) is 5.20. The van der Waals surface area contributed by atoms with Gasteiger partial charge in [0.15, 0.2) is 0 Å². The predicted octanol–water partition coefficient (Wildman–Crippen LogP) is 1.20. The van der Waals surface area contributed by atoms with Crippen LogP contribution in [0, 0.1) is 11.3 Å². The zero-order chi connectivity index (χ0) is 19.3. The third-order valence-electron chi connectivity index (χ3n) is 5.78. The van der Waals surface area contributed by atoms with Crippen molar-refractivity contribution in [3.05, 3.63) is 0 Å². The number of urea groups is 1. The van der Waals surface area contributed by atoms with Crippen LogP contribution in [0.4, 0.5) is 4.79 Å². The second kappa shape index (κ2) is 6.25. The Morgan fingerprint density at radius 3 is 2.58 bits per heavy atom. The molecule has 8 heteroatoms. The highest BCUT2D eigenvalue weighted by atomic mass is 16.4. The van der Waals surface area contributed by atoms with Crippen LogP contribution >= 0.6 is 0 Å². The molecule has 2 unspecified atom stereocenters. The molecule has 2 heterocycles. The molecule has 26 heavy (non-hydrogen) atoms. The molecule has 3 rings (SSSR count). The number of carboxylic acids is 1. The molecule has 0 radical (unpaired) electrons. The molecule has 0 aromatic heterocycles. The monoisotopic (exact) mass is 365 g/mol. The Balaban J connectivity index is 1.75. The number of hydrogen-bond acceptors (Lipinski definition) is 4. The average molecular weight is 365 g/mol. The number of carboxylic acid groups (broad SMARTS) is 1. The summed E-state index contributed by atoms with van der Waals surface area (Å²) < 4.78 is 0. The molecule has 4 amide bonds. The Kier molecular flexibility index (Phi) is 4.48. The number of imide groups is 1. The van der Waals surface area contributed by atoms with Crippen LogP contribution in [0.1, 0.15) is 52.9 Å². The van der Waals surface area contributed by atoms with Crippen molar-refractivity contribution in [2.45, 2.75) is 64.5 Å². The molecule has 144 valence electrons. The maximum Gasteiger partial charge on any atom is 0.326 e. The number of amides is 4. The number of rotatable bonds is 3. The van der Waals surface area contributed by atoms with Crippen molar-refractivity contribution in [3.8, 4) is 0 Å². The van der Waals surface area contributed by atoms with Crippen LogP contribution in [0.3, 0.4) is 0 Å². The van der Waals surface area contributed by atoms with E-state index in [0.29, 0.717) is 32.2 Å². The van der Waals surface area contributed by atoms with E-state index >= 15 is 0 Å². The lowest BCUT2D eigenvalue weighted by molar-refractivity contribution is -0.149. The smallest absolute Gasteiger partial charge is 0.326 e. The summed E-state index contributed by atoms with van der Waals surface area (Å²) in [5.74, 6) is -1.61. The Morgan fingerprint density at radius 1 is 1.27 bits per heavy atom. The van der Waals surface area contributed by atoms with Crippen molar-refractivity contribution in [2.75, 3.05) is 13.1 Å². The highest BCUT2D eigenvalue weighted by Crippen LogP contribution is 2.46. The summed E-state index contributed by atoms with van der Waals surface area (Å²) in [6.07, 6.45) is 3.09. The molecule has 2 saturated heterocycles. The zero-order valence-electron chi connectivity index (χ0n) is 15.6. The minimum absolute atomic E-state index is 0.0794. The Labute approximate surface area is 152 Å². The van der Waals surface area contributed by atoms with Gasteiger partial charge >= 0.3 is 12.0 Å². The number of aliphatic carboxylic acids is 1. The molecule has 8 nitrogen and oxygen atoms in total. The molecule has 2 aliphatic heterocycles. The van der Waals surface area contributed by atoms with E-state index in [9.17, 15) is 24.3 Å². The first kappa shape index (κ1) is 18.7. The van der Waals surface area contributed by atoms with Gasteiger partial charge in [-0.05, 0) is 43.4 Å². The molecule has 0 bridgehead atoms. The summed E-state index contributed by atoms with van der Waals surface area (Å²) >= 11 is 0. The van der Waals surface area contributed by atoms with Crippen LogP contribution in [0.2, 0.25) is 0 Å². The second-order valence-electron chi connectivity index (χ2n) is 8.84. The molecule has 3 fully saturated rings. The Bertz CT molecular complexity index is 661. The van der Waals surface area contributed by atoms with E-state index in [0.717, 1.165) is 11.3 Å². The quantitative estimate of drug-likeness (QED) is 0.731. The van der Waals surface area contributed by atoms with Gasteiger partial charge in [-0.3, -0.25) is 14.5 Å². The number of carbonyl (C=O) groups excluding carboxylic acids is 3. The second-order valence-corrected chi connectivity index (χ2v) is 8.84. The number of likely N-dealkylation sites (tertiary alicyclic amines) is 1. The Hall–Kier alpha value is -2.12. The molecular weight excluding hydrogens is 338 g/mol. The van der Waals surface area contributed by atoms with E-state index in [2.05, 4.69) is 26.1 Å². The normalized spacial score (nSPS) is 33.7. The van der Waals surface area contributed by atoms with Gasteiger partial charge in [-0.25, -0.2) is 9.59 Å². The van der Waals surface area contributed by atoms with Crippen LogP contribution in [0.15, 0.2) is 0 Å². The first-order valence-corrected chi connectivity index (χ1v) is 9.21. The lowest BCUT2D eigenvalue weighted by atomic mass is 9.64. The standard InChI is InChI=1S/C18H27N3O5/c1-11-7-17(2,3)10-18(8-11)15(25)21(16(26)19-18)9-13(22)20-6-4-5-12(20)14(23)24/h11-12H,4-10H2,1-3H3,(H,19,26)(H,23,24)/t11?,12-,18?/m1/s1. The van der Waals surface area contributed by atoms with E-state index in [-0.39, 0.29) is 17.2 Å². The largest absolute Gasteiger partial charge is 0.480 e. The van der Waals surface area contributed by atoms with Crippen molar-refractivity contribution >= 4 is 23.8 Å². The summed E-state index contributed by atoms with van der Waals surface area (Å²) in [6, 6.07) is -1.43. The molecule has 1 spiro atoms. The van der Waals surface area contributed by atoms with Gasteiger partial charge in [0, 0.05) is 6.54 Å². The molecular formula is C18H27N3O5. The SMILES string of the molecule is CC1CC(C)(C)CC2(C1)NC(=O)N(CC(=O)N1CCC[C@@H]1C(=O)O)C2=O. The molecule has 1 saturated carbocycles. The number of nitrogens with zero attached hydrogens (tertiary/aromatic N) is 2. The van der Waals surface area contributed by atoms with Gasteiger partial charge in [0.05, 0.1) is 0 Å². The molecule has 2 N–H and O–H groups in total. The van der Waals surface area contributed by atoms with E-state index in [4.69, 9.17) is 0 Å². The first-order valence-electron chi connectivity index (χ1n) is 9.21. The van der Waals surface area contributed by atoms with Crippen molar-refractivity contribution in [3.63, 3.8) is 0 Å². The first-order chi connectivity index (χ1) is 12.0. The maximum absolute atomic E-state index is 13.0. The minimum atomic E-state index is -1.05. The van der Waals surface area contributed by atoms with Gasteiger partial charge in [-0.15, -0.1) is 0 Å². The summed E-state index contributed by atoms with van der Waals surface area (Å²) in [4.78, 5) is 51.6. The topological polar surface area (TPSA) is 107 Å². The van der Waals surface area contributed by atoms with Crippen LogP contribution in [-0.4, -0.2) is 63.4 Å². The predicted molar refractivity (Wildman–Crippen MR) is 92.1 cm³/mol. The summed E-state index contributed by atoms with van der Waals surface area (Å²) in [5.41, 5.74) is -1.03. The van der Waals surface area contributed by atoms with Crippen LogP contribution in [-0.2, 0) is 14.4 Å². The number of hydrogen-bond donors (Lipinski definition) is 2. The third kappa shape index (κ3) is 3.17. The summed E-state index contributed by atoms with van der Waals surface area (Å²) in [6.45, 7) is 6.18. The van der Waals surface area contributed by atoms with Gasteiger partial charge in [0.2, 0.25) is 5.91 Å². The number of nitrogens with one attached hydrogen (secondary N) is 1. The molecule has 1 aliphatic carbocycles. The van der Waals surface area contributed by atoms with E-state index in [1.54, 1.807) is 0 Å². The van der Waals surface area contributed by atoms with Crippen molar-refractivity contribution < 1.29 is 24.3 Å². The molecule has 0 aromatic rings. The van der Waals surface area contributed by atoms with Crippen molar-refractivity contribution in [2.24, 2.45) is 11.3 Å². The third-order valence-corrected chi connectivity index (χ3v) is 5.78. The van der Waals surface area contributed by atoms with E-state index in [1.165, 1.54) is 4.90 Å². The summed E-state index contributed by atoms with van der Waals surface area (Å²) in [5, 5.41) is 12.1. The molecule has 3 aliphatic rings. The fourth-order valence-electron chi connectivity index (χ4n) is 5.20. The average Bonchev–Trinajstić information content (AvgIpc) is 3.05. The van der Waals surface area contributed by atoms with Crippen LogP contribution < -0.4 is 5.32 Å². The van der Waals surface area contributed by atoms with Gasteiger partial charge < -0.3 is 15.3 Å². The highest BCUT2D eigenvalue weighted by molar-refractivity contribution is 6.09. The van der Waals surface area contributed by atoms with Crippen LogP contribution in [0.5, 0.6) is 0 Å². The lowest BCUT2D eigenvalue weighted by Crippen LogP contribution is -2.54.